The van der Waals surface area contributed by atoms with E-state index in [1.807, 2.05) is 72.8 Å². The van der Waals surface area contributed by atoms with E-state index in [9.17, 15) is 9.59 Å². The van der Waals surface area contributed by atoms with E-state index in [4.69, 9.17) is 9.05 Å². The zero-order chi connectivity index (χ0) is 23.0. The molecular weight excluding hydrogens is 433 g/mol. The molecule has 3 aromatic carbocycles. The summed E-state index contributed by atoms with van der Waals surface area (Å²) in [5, 5.41) is 1.61. The van der Waals surface area contributed by atoms with Crippen LogP contribution in [0.1, 0.15) is 31.8 Å². The van der Waals surface area contributed by atoms with Crippen LogP contribution >= 0.6 is 7.34 Å². The van der Waals surface area contributed by atoms with Crippen molar-refractivity contribution in [3.05, 3.63) is 125 Å². The highest BCUT2D eigenvalue weighted by molar-refractivity contribution is 7.78. The second-order valence-electron chi connectivity index (χ2n) is 7.62. The molecule has 0 saturated heterocycles. The minimum Gasteiger partial charge on any atom is -0.337 e. The molecular formula is C27H22NO4P. The van der Waals surface area contributed by atoms with Gasteiger partial charge in [0, 0.05) is 24.8 Å². The van der Waals surface area contributed by atoms with E-state index in [-0.39, 0.29) is 11.8 Å². The van der Waals surface area contributed by atoms with Crippen LogP contribution < -0.4 is 0 Å². The number of carbonyl (C=O) groups excluding carboxylic acids is 2. The maximum atomic E-state index is 13.3. The van der Waals surface area contributed by atoms with Crippen LogP contribution in [0.25, 0.3) is 5.31 Å². The molecule has 6 heteroatoms. The van der Waals surface area contributed by atoms with E-state index >= 15 is 0 Å². The Bertz CT molecular complexity index is 1330. The van der Waals surface area contributed by atoms with Crippen LogP contribution in [0, 0.1) is 0 Å². The summed E-state index contributed by atoms with van der Waals surface area (Å²) in [7, 11) is 0.519. The lowest BCUT2D eigenvalue weighted by Gasteiger charge is -2.33. The molecule has 2 aliphatic heterocycles. The minimum atomic E-state index is -2.75. The molecule has 5 nitrogen and oxygen atoms in total. The highest BCUT2D eigenvalue weighted by atomic mass is 31.2. The van der Waals surface area contributed by atoms with Gasteiger partial charge in [-0.25, -0.2) is 4.90 Å². The first kappa shape index (κ1) is 21.4. The third kappa shape index (κ3) is 3.33. The number of amides is 2. The van der Waals surface area contributed by atoms with Gasteiger partial charge < -0.3 is 9.05 Å². The molecule has 2 heterocycles. The maximum absolute atomic E-state index is 13.3. The average molecular weight is 455 g/mol. The molecule has 5 rings (SSSR count). The summed E-state index contributed by atoms with van der Waals surface area (Å²) in [6.07, 6.45) is 3.70. The summed E-state index contributed by atoms with van der Waals surface area (Å²) < 4.78 is 12.3. The largest absolute Gasteiger partial charge is 0.337 e. The van der Waals surface area contributed by atoms with Crippen molar-refractivity contribution in [2.75, 3.05) is 14.2 Å². The van der Waals surface area contributed by atoms with Crippen LogP contribution in [-0.4, -0.2) is 36.2 Å². The van der Waals surface area contributed by atoms with Gasteiger partial charge >= 0.3 is 0 Å². The molecule has 0 N–H and O–H groups in total. The van der Waals surface area contributed by atoms with Crippen molar-refractivity contribution >= 4 is 29.8 Å². The van der Waals surface area contributed by atoms with Gasteiger partial charge in [-0.15, -0.1) is 0 Å². The molecule has 0 radical (unpaired) electrons. The van der Waals surface area contributed by atoms with Crippen molar-refractivity contribution in [1.29, 1.82) is 0 Å². The fourth-order valence-electron chi connectivity index (χ4n) is 4.37. The molecule has 164 valence electrons. The third-order valence-corrected chi connectivity index (χ3v) is 8.98. The second-order valence-corrected chi connectivity index (χ2v) is 10.4. The lowest BCUT2D eigenvalue weighted by Crippen LogP contribution is -2.30. The number of nitrogens with zero attached hydrogens (tertiary/aromatic N) is 1. The molecule has 0 bridgehead atoms. The topological polar surface area (TPSA) is 55.8 Å². The Kier molecular flexibility index (Phi) is 5.47. The van der Waals surface area contributed by atoms with Crippen molar-refractivity contribution in [1.82, 2.24) is 4.90 Å². The number of hydrogen-bond donors (Lipinski definition) is 0. The average Bonchev–Trinajstić information content (AvgIpc) is 3.14. The minimum absolute atomic E-state index is 0.335. The van der Waals surface area contributed by atoms with Crippen LogP contribution in [0.3, 0.4) is 0 Å². The zero-order valence-electron chi connectivity index (χ0n) is 18.3. The summed E-state index contributed by atoms with van der Waals surface area (Å²) in [6.45, 7) is 0. The normalized spacial score (nSPS) is 17.0. The van der Waals surface area contributed by atoms with Crippen molar-refractivity contribution in [2.45, 2.75) is 0 Å². The van der Waals surface area contributed by atoms with Crippen molar-refractivity contribution in [3.8, 4) is 0 Å². The van der Waals surface area contributed by atoms with E-state index in [0.29, 0.717) is 16.8 Å². The first-order valence-corrected chi connectivity index (χ1v) is 12.1. The van der Waals surface area contributed by atoms with Crippen LogP contribution in [0.4, 0.5) is 0 Å². The maximum Gasteiger partial charge on any atom is 0.266 e. The monoisotopic (exact) mass is 455 g/mol. The number of carbonyl (C=O) groups is 2. The smallest absolute Gasteiger partial charge is 0.266 e. The Morgan fingerprint density at radius 3 is 1.64 bits per heavy atom. The molecule has 0 atom stereocenters. The van der Waals surface area contributed by atoms with E-state index < -0.39 is 7.34 Å². The van der Waals surface area contributed by atoms with E-state index in [0.717, 1.165) is 21.7 Å². The fraction of sp³-hybridized carbons (Fsp3) is 0.0741. The third-order valence-electron chi connectivity index (χ3n) is 5.91. The molecule has 0 saturated carbocycles. The van der Waals surface area contributed by atoms with Gasteiger partial charge in [0.25, 0.3) is 11.8 Å². The van der Waals surface area contributed by atoms with Crippen LogP contribution in [0.15, 0.2) is 103 Å². The van der Waals surface area contributed by atoms with Gasteiger partial charge in [0.15, 0.2) is 7.34 Å². The lowest BCUT2D eigenvalue weighted by molar-refractivity contribution is 0.0709. The Labute approximate surface area is 192 Å². The van der Waals surface area contributed by atoms with Gasteiger partial charge in [0.2, 0.25) is 0 Å². The summed E-state index contributed by atoms with van der Waals surface area (Å²) in [6, 6.07) is 26.5. The summed E-state index contributed by atoms with van der Waals surface area (Å²) in [5.74, 6) is -0.669. The Morgan fingerprint density at radius 1 is 0.636 bits per heavy atom. The zero-order valence-corrected chi connectivity index (χ0v) is 19.2. The standard InChI is InChI=1S/C27H22NO4P/c1-31-33(32-2)24(19-11-5-3-6-12-19)17-21(18-25(33)20-13-7-4-8-14-20)28-26(29)22-15-9-10-16-23(22)27(28)30/h3-18H,1-2H3. The molecule has 2 amide bonds. The number of imide groups is 1. The van der Waals surface area contributed by atoms with Gasteiger partial charge in [-0.3, -0.25) is 9.59 Å². The number of benzene rings is 3. The second kappa shape index (κ2) is 8.45. The van der Waals surface area contributed by atoms with Crippen molar-refractivity contribution in [2.24, 2.45) is 0 Å². The molecule has 0 spiro atoms. The van der Waals surface area contributed by atoms with Crippen LogP contribution in [-0.2, 0) is 9.05 Å². The van der Waals surface area contributed by atoms with Crippen molar-refractivity contribution < 1.29 is 18.6 Å². The van der Waals surface area contributed by atoms with Gasteiger partial charge in [-0.05, 0) is 35.4 Å². The Balaban J connectivity index is 1.79. The Morgan fingerprint density at radius 2 is 1.12 bits per heavy atom. The predicted octanol–water partition coefficient (Wildman–Crippen LogP) is 5.58. The van der Waals surface area contributed by atoms with Crippen LogP contribution in [0.5, 0.6) is 0 Å². The molecule has 0 aliphatic carbocycles. The predicted molar refractivity (Wildman–Crippen MR) is 131 cm³/mol. The summed E-state index contributed by atoms with van der Waals surface area (Å²) in [4.78, 5) is 27.8. The first-order chi connectivity index (χ1) is 16.1. The summed E-state index contributed by atoms with van der Waals surface area (Å²) >= 11 is 0. The van der Waals surface area contributed by atoms with Gasteiger partial charge in [0.1, 0.15) is 0 Å². The van der Waals surface area contributed by atoms with E-state index in [1.165, 1.54) is 4.90 Å². The van der Waals surface area contributed by atoms with Gasteiger partial charge in [-0.1, -0.05) is 72.8 Å². The number of allylic oxidation sites excluding steroid dienone is 2. The molecule has 2 aliphatic rings. The van der Waals surface area contributed by atoms with E-state index in [2.05, 4.69) is 0 Å². The molecule has 0 unspecified atom stereocenters. The SMILES string of the molecule is COP1(OC)=C(c2ccccc2)C=C(N2C(=O)c3ccccc3C2=O)C=C1c1ccccc1. The molecule has 33 heavy (non-hydrogen) atoms. The summed E-state index contributed by atoms with van der Waals surface area (Å²) in [5.41, 5.74) is 3.12. The lowest BCUT2D eigenvalue weighted by atomic mass is 10.1. The van der Waals surface area contributed by atoms with Crippen LogP contribution in [0.2, 0.25) is 0 Å². The fourth-order valence-corrected chi connectivity index (χ4v) is 7.14. The number of fused-ring (bicyclic) bond motifs is 1. The highest BCUT2D eigenvalue weighted by Gasteiger charge is 2.40. The highest BCUT2D eigenvalue weighted by Crippen LogP contribution is 2.65. The molecule has 3 aromatic rings. The van der Waals surface area contributed by atoms with Gasteiger partial charge in [0.05, 0.1) is 16.8 Å². The molecule has 0 fully saturated rings. The van der Waals surface area contributed by atoms with Gasteiger partial charge in [-0.2, -0.15) is 0 Å². The number of hydrogen-bond acceptors (Lipinski definition) is 4. The molecule has 0 aromatic heterocycles. The Hall–Kier alpha value is -3.50. The quantitative estimate of drug-likeness (QED) is 0.372. The number of rotatable bonds is 5. The van der Waals surface area contributed by atoms with Crippen molar-refractivity contribution in [3.63, 3.8) is 0 Å². The van der Waals surface area contributed by atoms with E-state index in [1.54, 1.807) is 38.5 Å². The first-order valence-electron chi connectivity index (χ1n) is 10.5.